The quantitative estimate of drug-likeness (QED) is 0.449. The molecular formula is C4H6N4. The third-order valence-corrected chi connectivity index (χ3v) is 0.966. The molecule has 4 nitrogen and oxygen atoms in total. The Bertz CT molecular complexity index is 145. The fourth-order valence-electron chi connectivity index (χ4n) is 0.473. The lowest BCUT2D eigenvalue weighted by atomic mass is 10.5. The van der Waals surface area contributed by atoms with Gasteiger partial charge in [-0.25, -0.2) is 0 Å². The number of rotatable bonds is 0. The summed E-state index contributed by atoms with van der Waals surface area (Å²) in [4.78, 5) is 1.69. The van der Waals surface area contributed by atoms with Crippen LogP contribution in [0, 0.1) is 11.3 Å². The first-order chi connectivity index (χ1) is 3.84. The lowest BCUT2D eigenvalue weighted by Crippen LogP contribution is -2.31. The molecule has 42 valence electrons. The topological polar surface area (TPSA) is 51.4 Å². The van der Waals surface area contributed by atoms with E-state index in [1.165, 1.54) is 0 Å². The van der Waals surface area contributed by atoms with E-state index in [1.807, 2.05) is 6.07 Å². The Kier molecular flexibility index (Phi) is 1.04. The highest BCUT2D eigenvalue weighted by atomic mass is 15.5. The summed E-state index contributed by atoms with van der Waals surface area (Å²) in [5, 5.41) is 11.9. The van der Waals surface area contributed by atoms with Crippen LogP contribution < -0.4 is 5.43 Å². The monoisotopic (exact) mass is 110 g/mol. The van der Waals surface area contributed by atoms with Gasteiger partial charge in [0.2, 0.25) is 6.17 Å². The second-order valence-corrected chi connectivity index (χ2v) is 1.57. The van der Waals surface area contributed by atoms with Crippen LogP contribution in [0.25, 0.3) is 0 Å². The predicted octanol–water partition coefficient (Wildman–Crippen LogP) is -0.686. The zero-order valence-electron chi connectivity index (χ0n) is 4.50. The number of hydrazone groups is 1. The van der Waals surface area contributed by atoms with E-state index >= 15 is 0 Å². The van der Waals surface area contributed by atoms with Crippen molar-refractivity contribution < 1.29 is 0 Å². The number of nitrogens with zero attached hydrogens (tertiary/aromatic N) is 3. The van der Waals surface area contributed by atoms with E-state index in [1.54, 1.807) is 18.3 Å². The Morgan fingerprint density at radius 2 is 2.75 bits per heavy atom. The molecule has 0 aromatic carbocycles. The maximum atomic E-state index is 8.30. The zero-order valence-corrected chi connectivity index (χ0v) is 4.50. The van der Waals surface area contributed by atoms with Crippen LogP contribution in [-0.4, -0.2) is 24.5 Å². The van der Waals surface area contributed by atoms with Gasteiger partial charge >= 0.3 is 0 Å². The number of nitrogens with one attached hydrogen (secondary N) is 1. The molecule has 1 unspecified atom stereocenters. The van der Waals surface area contributed by atoms with E-state index in [4.69, 9.17) is 5.26 Å². The Balaban J connectivity index is 2.54. The first-order valence-electron chi connectivity index (χ1n) is 2.25. The van der Waals surface area contributed by atoms with E-state index in [9.17, 15) is 0 Å². The second kappa shape index (κ2) is 1.70. The average Bonchev–Trinajstić information content (AvgIpc) is 2.14. The minimum Gasteiger partial charge on any atom is -0.331 e. The minimum atomic E-state index is -0.269. The highest BCUT2D eigenvalue weighted by Gasteiger charge is 2.12. The molecule has 0 radical (unpaired) electrons. The average molecular weight is 110 g/mol. The SMILES string of the molecule is CN1C=NNC1C#N. The Labute approximate surface area is 47.4 Å². The normalized spacial score (nSPS) is 25.0. The van der Waals surface area contributed by atoms with Crippen LogP contribution in [0.2, 0.25) is 0 Å². The molecule has 4 heteroatoms. The molecule has 0 aromatic rings. The Morgan fingerprint density at radius 3 is 3.00 bits per heavy atom. The maximum Gasteiger partial charge on any atom is 0.204 e. The van der Waals surface area contributed by atoms with E-state index < -0.39 is 0 Å². The van der Waals surface area contributed by atoms with Gasteiger partial charge in [0.25, 0.3) is 0 Å². The third kappa shape index (κ3) is 0.581. The molecule has 1 atom stereocenters. The smallest absolute Gasteiger partial charge is 0.204 e. The zero-order chi connectivity index (χ0) is 5.98. The molecule has 0 aromatic heterocycles. The fourth-order valence-corrected chi connectivity index (χ4v) is 0.473. The van der Waals surface area contributed by atoms with E-state index in [2.05, 4.69) is 10.5 Å². The Hall–Kier alpha value is -1.24. The highest BCUT2D eigenvalue weighted by molar-refractivity contribution is 5.57. The van der Waals surface area contributed by atoms with Crippen LogP contribution in [0.5, 0.6) is 0 Å². The molecule has 0 saturated heterocycles. The summed E-state index contributed by atoms with van der Waals surface area (Å²) in [5.74, 6) is 0. The molecule has 0 aliphatic carbocycles. The van der Waals surface area contributed by atoms with Crippen molar-refractivity contribution in [3.63, 3.8) is 0 Å². The minimum absolute atomic E-state index is 0.269. The van der Waals surface area contributed by atoms with Crippen molar-refractivity contribution in [2.75, 3.05) is 7.05 Å². The summed E-state index contributed by atoms with van der Waals surface area (Å²) >= 11 is 0. The van der Waals surface area contributed by atoms with Gasteiger partial charge in [-0.15, -0.1) is 0 Å². The molecule has 1 N–H and O–H groups in total. The van der Waals surface area contributed by atoms with Crippen LogP contribution in [0.15, 0.2) is 5.10 Å². The van der Waals surface area contributed by atoms with Crippen molar-refractivity contribution in [1.82, 2.24) is 10.3 Å². The molecule has 1 heterocycles. The second-order valence-electron chi connectivity index (χ2n) is 1.57. The number of hydrogen-bond acceptors (Lipinski definition) is 4. The van der Waals surface area contributed by atoms with Gasteiger partial charge in [-0.3, -0.25) is 5.43 Å². The van der Waals surface area contributed by atoms with Crippen LogP contribution in [0.4, 0.5) is 0 Å². The van der Waals surface area contributed by atoms with Crippen molar-refractivity contribution >= 4 is 6.34 Å². The standard InChI is InChI=1S/C4H6N4/c1-8-3-6-7-4(8)2-5/h3-4,7H,1H3. The first-order valence-corrected chi connectivity index (χ1v) is 2.25. The maximum absolute atomic E-state index is 8.30. The van der Waals surface area contributed by atoms with Crippen molar-refractivity contribution in [1.29, 1.82) is 5.26 Å². The van der Waals surface area contributed by atoms with Gasteiger partial charge in [0, 0.05) is 7.05 Å². The summed E-state index contributed by atoms with van der Waals surface area (Å²) in [6.45, 7) is 0. The summed E-state index contributed by atoms with van der Waals surface area (Å²) in [5.41, 5.74) is 2.59. The molecule has 1 aliphatic rings. The molecule has 0 fully saturated rings. The van der Waals surface area contributed by atoms with Crippen molar-refractivity contribution in [2.24, 2.45) is 5.10 Å². The van der Waals surface area contributed by atoms with Crippen LogP contribution in [-0.2, 0) is 0 Å². The lowest BCUT2D eigenvalue weighted by molar-refractivity contribution is 0.429. The van der Waals surface area contributed by atoms with Crippen LogP contribution in [0.3, 0.4) is 0 Å². The van der Waals surface area contributed by atoms with Gasteiger partial charge < -0.3 is 4.90 Å². The molecule has 0 amide bonds. The summed E-state index contributed by atoms with van der Waals surface area (Å²) in [6.07, 6.45) is 1.31. The van der Waals surface area contributed by atoms with Gasteiger partial charge in [-0.1, -0.05) is 0 Å². The van der Waals surface area contributed by atoms with Crippen LogP contribution in [0.1, 0.15) is 0 Å². The fraction of sp³-hybridized carbons (Fsp3) is 0.500. The summed E-state index contributed by atoms with van der Waals surface area (Å²) < 4.78 is 0. The van der Waals surface area contributed by atoms with E-state index in [-0.39, 0.29) is 6.17 Å². The lowest BCUT2D eigenvalue weighted by Gasteiger charge is -2.08. The molecule has 1 aliphatic heterocycles. The third-order valence-electron chi connectivity index (χ3n) is 0.966. The van der Waals surface area contributed by atoms with Crippen molar-refractivity contribution in [3.8, 4) is 6.07 Å². The van der Waals surface area contributed by atoms with E-state index in [0.717, 1.165) is 0 Å². The Morgan fingerprint density at radius 1 is 2.00 bits per heavy atom. The van der Waals surface area contributed by atoms with Crippen LogP contribution >= 0.6 is 0 Å². The summed E-state index contributed by atoms with van der Waals surface area (Å²) in [6, 6.07) is 2.00. The summed E-state index contributed by atoms with van der Waals surface area (Å²) in [7, 11) is 1.79. The molecule has 0 bridgehead atoms. The highest BCUT2D eigenvalue weighted by Crippen LogP contribution is 1.91. The van der Waals surface area contributed by atoms with Crippen molar-refractivity contribution in [2.45, 2.75) is 6.17 Å². The molecule has 8 heavy (non-hydrogen) atoms. The van der Waals surface area contributed by atoms with Crippen molar-refractivity contribution in [3.05, 3.63) is 0 Å². The van der Waals surface area contributed by atoms with Gasteiger partial charge in [-0.2, -0.15) is 10.4 Å². The number of hydrogen-bond donors (Lipinski definition) is 1. The van der Waals surface area contributed by atoms with Gasteiger partial charge in [0.15, 0.2) is 0 Å². The molecule has 1 rings (SSSR count). The molecule has 0 saturated carbocycles. The van der Waals surface area contributed by atoms with Gasteiger partial charge in [0.1, 0.15) is 12.4 Å². The number of nitriles is 1. The predicted molar refractivity (Wildman–Crippen MR) is 28.8 cm³/mol. The molecule has 0 spiro atoms. The van der Waals surface area contributed by atoms with Gasteiger partial charge in [0.05, 0.1) is 0 Å². The van der Waals surface area contributed by atoms with Gasteiger partial charge in [-0.05, 0) is 0 Å². The molecular weight excluding hydrogens is 104 g/mol. The largest absolute Gasteiger partial charge is 0.331 e. The van der Waals surface area contributed by atoms with E-state index in [0.29, 0.717) is 0 Å². The first kappa shape index (κ1) is 4.91.